The predicted octanol–water partition coefficient (Wildman–Crippen LogP) is 14.5. The first kappa shape index (κ1) is 34.5. The first-order valence-electron chi connectivity index (χ1n) is 21.0. The van der Waals surface area contributed by atoms with Crippen LogP contribution in [0.15, 0.2) is 212 Å². The van der Waals surface area contributed by atoms with Crippen molar-refractivity contribution >= 4 is 75.9 Å². The van der Waals surface area contributed by atoms with Gasteiger partial charge in [-0.2, -0.15) is 9.97 Å². The van der Waals surface area contributed by atoms with E-state index in [1.54, 1.807) is 0 Å². The molecule has 0 aliphatic carbocycles. The molecule has 288 valence electrons. The molecule has 0 atom stereocenters. The highest BCUT2D eigenvalue weighted by atomic mass is 15.2. The van der Waals surface area contributed by atoms with E-state index in [9.17, 15) is 0 Å². The number of para-hydroxylation sites is 3. The van der Waals surface area contributed by atoms with Gasteiger partial charge in [0.1, 0.15) is 0 Å². The highest BCUT2D eigenvalue weighted by Crippen LogP contribution is 2.40. The van der Waals surface area contributed by atoms with E-state index in [2.05, 4.69) is 221 Å². The van der Waals surface area contributed by atoms with Crippen molar-refractivity contribution in [3.63, 3.8) is 0 Å². The molecule has 5 nitrogen and oxygen atoms in total. The lowest BCUT2D eigenvalue weighted by molar-refractivity contribution is 0.954. The quantitative estimate of drug-likeness (QED) is 0.163. The van der Waals surface area contributed by atoms with Crippen molar-refractivity contribution in [1.82, 2.24) is 24.1 Å². The molecule has 10 aromatic carbocycles. The van der Waals surface area contributed by atoms with E-state index in [4.69, 9.17) is 15.0 Å². The second-order valence-electron chi connectivity index (χ2n) is 16.0. The molecule has 3 aromatic heterocycles. The van der Waals surface area contributed by atoms with Gasteiger partial charge in [0.25, 0.3) is 0 Å². The zero-order valence-corrected chi connectivity index (χ0v) is 33.4. The van der Waals surface area contributed by atoms with E-state index in [1.807, 2.05) is 0 Å². The molecule has 0 radical (unpaired) electrons. The molecule has 13 aromatic rings. The van der Waals surface area contributed by atoms with E-state index >= 15 is 0 Å². The smallest absolute Gasteiger partial charge is 0.238 e. The SMILES string of the molecule is c1ccc(-c2ccc3c(c2)c2ccccc2n3-c2nc(-c3ccc4c5ccccc5c5ccccc5c4c3)nc(-c3ccc4c(c3)c3ccccc3n4-c3ccccc3)n2)cc1. The summed E-state index contributed by atoms with van der Waals surface area (Å²) in [6.07, 6.45) is 0. The third kappa shape index (κ3) is 5.25. The van der Waals surface area contributed by atoms with Crippen LogP contribution in [0.3, 0.4) is 0 Å². The topological polar surface area (TPSA) is 48.5 Å². The average Bonchev–Trinajstić information content (AvgIpc) is 3.86. The van der Waals surface area contributed by atoms with E-state index < -0.39 is 0 Å². The van der Waals surface area contributed by atoms with Gasteiger partial charge in [0, 0.05) is 38.4 Å². The molecule has 3 heterocycles. The first-order chi connectivity index (χ1) is 30.7. The molecule has 0 spiro atoms. The van der Waals surface area contributed by atoms with Crippen molar-refractivity contribution in [3.8, 4) is 45.5 Å². The lowest BCUT2D eigenvalue weighted by Crippen LogP contribution is -2.06. The lowest BCUT2D eigenvalue weighted by Gasteiger charge is -2.13. The number of benzene rings is 10. The Morgan fingerprint density at radius 1 is 0.242 bits per heavy atom. The number of hydrogen-bond donors (Lipinski definition) is 0. The van der Waals surface area contributed by atoms with Gasteiger partial charge in [-0.25, -0.2) is 4.98 Å². The van der Waals surface area contributed by atoms with E-state index in [-0.39, 0.29) is 0 Å². The number of fused-ring (bicyclic) bond motifs is 12. The number of aromatic nitrogens is 5. The van der Waals surface area contributed by atoms with Gasteiger partial charge >= 0.3 is 0 Å². The van der Waals surface area contributed by atoms with Crippen molar-refractivity contribution in [2.75, 3.05) is 0 Å². The highest BCUT2D eigenvalue weighted by Gasteiger charge is 2.21. The van der Waals surface area contributed by atoms with Crippen molar-refractivity contribution in [1.29, 1.82) is 0 Å². The molecular weight excluding hydrogens is 755 g/mol. The average molecular weight is 790 g/mol. The Balaban J connectivity index is 1.08. The van der Waals surface area contributed by atoms with Crippen molar-refractivity contribution < 1.29 is 0 Å². The lowest BCUT2D eigenvalue weighted by atomic mass is 9.93. The van der Waals surface area contributed by atoms with Crippen LogP contribution in [0.4, 0.5) is 0 Å². The maximum Gasteiger partial charge on any atom is 0.238 e. The van der Waals surface area contributed by atoms with Gasteiger partial charge in [-0.1, -0.05) is 152 Å². The normalized spacial score (nSPS) is 11.9. The molecule has 0 unspecified atom stereocenters. The van der Waals surface area contributed by atoms with Crippen LogP contribution in [0, 0.1) is 0 Å². The molecule has 0 fully saturated rings. The minimum atomic E-state index is 0.568. The molecule has 13 rings (SSSR count). The Labute approximate surface area is 356 Å². The first-order valence-corrected chi connectivity index (χ1v) is 21.0. The minimum Gasteiger partial charge on any atom is -0.309 e. The fourth-order valence-corrected chi connectivity index (χ4v) is 9.74. The maximum absolute atomic E-state index is 5.39. The highest BCUT2D eigenvalue weighted by molar-refractivity contribution is 6.25. The predicted molar refractivity (Wildman–Crippen MR) is 257 cm³/mol. The third-order valence-corrected chi connectivity index (χ3v) is 12.6. The summed E-state index contributed by atoms with van der Waals surface area (Å²) in [7, 11) is 0. The zero-order valence-electron chi connectivity index (χ0n) is 33.4. The zero-order chi connectivity index (χ0) is 40.7. The second kappa shape index (κ2) is 13.6. The van der Waals surface area contributed by atoms with Crippen LogP contribution in [0.1, 0.15) is 0 Å². The van der Waals surface area contributed by atoms with Gasteiger partial charge < -0.3 is 4.57 Å². The van der Waals surface area contributed by atoms with Crippen LogP contribution in [0.5, 0.6) is 0 Å². The summed E-state index contributed by atoms with van der Waals surface area (Å²) in [4.78, 5) is 16.1. The summed E-state index contributed by atoms with van der Waals surface area (Å²) >= 11 is 0. The maximum atomic E-state index is 5.39. The van der Waals surface area contributed by atoms with Crippen LogP contribution in [0.25, 0.3) is 121 Å². The molecule has 0 saturated carbocycles. The summed E-state index contributed by atoms with van der Waals surface area (Å²) in [6, 6.07) is 75.7. The van der Waals surface area contributed by atoms with Gasteiger partial charge in [-0.3, -0.25) is 4.57 Å². The fraction of sp³-hybridized carbons (Fsp3) is 0. The minimum absolute atomic E-state index is 0.568. The van der Waals surface area contributed by atoms with Gasteiger partial charge in [0.2, 0.25) is 5.95 Å². The van der Waals surface area contributed by atoms with E-state index in [1.165, 1.54) is 43.3 Å². The van der Waals surface area contributed by atoms with Crippen molar-refractivity contribution in [2.45, 2.75) is 0 Å². The summed E-state index contributed by atoms with van der Waals surface area (Å²) in [5.41, 5.74) is 9.65. The molecule has 0 bridgehead atoms. The molecule has 0 aliphatic heterocycles. The van der Waals surface area contributed by atoms with Crippen LogP contribution < -0.4 is 0 Å². The Kier molecular flexibility index (Phi) is 7.54. The number of hydrogen-bond acceptors (Lipinski definition) is 3. The largest absolute Gasteiger partial charge is 0.309 e. The van der Waals surface area contributed by atoms with Crippen molar-refractivity contribution in [3.05, 3.63) is 212 Å². The fourth-order valence-electron chi connectivity index (χ4n) is 9.74. The molecule has 0 N–H and O–H groups in total. The van der Waals surface area contributed by atoms with Crippen LogP contribution in [0.2, 0.25) is 0 Å². The Morgan fingerprint density at radius 2 is 0.645 bits per heavy atom. The monoisotopic (exact) mass is 789 g/mol. The Morgan fingerprint density at radius 3 is 1.26 bits per heavy atom. The molecule has 0 aliphatic rings. The Bertz CT molecular complexity index is 3880. The molecule has 0 amide bonds. The summed E-state index contributed by atoms with van der Waals surface area (Å²) in [5, 5.41) is 11.9. The van der Waals surface area contributed by atoms with Crippen LogP contribution in [-0.2, 0) is 0 Å². The van der Waals surface area contributed by atoms with E-state index in [0.29, 0.717) is 17.6 Å². The second-order valence-corrected chi connectivity index (χ2v) is 16.0. The number of rotatable bonds is 5. The summed E-state index contributed by atoms with van der Waals surface area (Å²) < 4.78 is 4.54. The van der Waals surface area contributed by atoms with Crippen LogP contribution in [-0.4, -0.2) is 24.1 Å². The standard InChI is InChI=1S/C57H35N5/c1-3-15-36(16-4-1)37-28-31-54-49(33-37)47-24-12-14-26-52(47)62(54)57-59-55(38-27-30-45-43-21-8-7-19-41(43)42-20-9-10-22-44(42)48(45)34-38)58-56(60-57)39-29-32-53-50(35-39)46-23-11-13-25-51(46)61(53)40-17-5-2-6-18-40/h1-35H. The van der Waals surface area contributed by atoms with Crippen LogP contribution >= 0.6 is 0 Å². The van der Waals surface area contributed by atoms with Gasteiger partial charge in [0.05, 0.1) is 22.1 Å². The van der Waals surface area contributed by atoms with Gasteiger partial charge in [-0.05, 0) is 104 Å². The Hall–Kier alpha value is -8.41. The van der Waals surface area contributed by atoms with E-state index in [0.717, 1.165) is 60.6 Å². The summed E-state index contributed by atoms with van der Waals surface area (Å²) in [6.45, 7) is 0. The van der Waals surface area contributed by atoms with Gasteiger partial charge in [-0.15, -0.1) is 0 Å². The molecule has 5 heteroatoms. The third-order valence-electron chi connectivity index (χ3n) is 12.6. The molecule has 62 heavy (non-hydrogen) atoms. The van der Waals surface area contributed by atoms with Crippen molar-refractivity contribution in [2.24, 2.45) is 0 Å². The molecular formula is C57H35N5. The molecule has 0 saturated heterocycles. The van der Waals surface area contributed by atoms with Gasteiger partial charge in [0.15, 0.2) is 11.6 Å². The number of nitrogens with zero attached hydrogens (tertiary/aromatic N) is 5. The summed E-state index contributed by atoms with van der Waals surface area (Å²) in [5.74, 6) is 1.79.